The summed E-state index contributed by atoms with van der Waals surface area (Å²) in [5.41, 5.74) is 1.14. The third-order valence-electron chi connectivity index (χ3n) is 7.74. The topological polar surface area (TPSA) is 94.7 Å². The molecule has 2 aliphatic rings. The molecule has 0 bridgehead atoms. The van der Waals surface area contributed by atoms with E-state index in [-0.39, 0.29) is 12.0 Å². The van der Waals surface area contributed by atoms with Crippen molar-refractivity contribution in [1.29, 1.82) is 0 Å². The average Bonchev–Trinajstić information content (AvgIpc) is 3.65. The fourth-order valence-electron chi connectivity index (χ4n) is 5.47. The van der Waals surface area contributed by atoms with Crippen LogP contribution in [0, 0.1) is 17.8 Å². The van der Waals surface area contributed by atoms with Crippen molar-refractivity contribution >= 4 is 5.97 Å². The molecule has 2 saturated carbocycles. The highest BCUT2D eigenvalue weighted by Gasteiger charge is 2.39. The number of hydrogen-bond acceptors (Lipinski definition) is 6. The Morgan fingerprint density at radius 3 is 2.48 bits per heavy atom. The van der Waals surface area contributed by atoms with Gasteiger partial charge in [0.25, 0.3) is 11.7 Å². The summed E-state index contributed by atoms with van der Waals surface area (Å²) in [6.45, 7) is 0. The fourth-order valence-corrected chi connectivity index (χ4v) is 5.47. The second kappa shape index (κ2) is 11.2. The minimum Gasteiger partial charge on any atom is -0.493 e. The van der Waals surface area contributed by atoms with Crippen LogP contribution in [0.25, 0.3) is 11.5 Å². The van der Waals surface area contributed by atoms with Gasteiger partial charge in [-0.25, -0.2) is 0 Å². The maximum Gasteiger partial charge on any atom is 0.455 e. The van der Waals surface area contributed by atoms with Crippen LogP contribution in [0.3, 0.4) is 0 Å². The van der Waals surface area contributed by atoms with Crippen LogP contribution in [-0.2, 0) is 16.4 Å². The molecular weight excluding hydrogens is 525 g/mol. The van der Waals surface area contributed by atoms with Crippen molar-refractivity contribution in [1.82, 2.24) is 10.1 Å². The molecule has 0 aliphatic heterocycles. The van der Waals surface area contributed by atoms with Gasteiger partial charge in [0.05, 0.1) is 24.5 Å². The molecule has 1 aromatic heterocycles. The van der Waals surface area contributed by atoms with E-state index in [0.29, 0.717) is 48.3 Å². The monoisotopic (exact) mass is 554 g/mol. The van der Waals surface area contributed by atoms with Gasteiger partial charge in [-0.15, -0.1) is 0 Å². The summed E-state index contributed by atoms with van der Waals surface area (Å²) in [6.07, 6.45) is 1.64. The number of alkyl halides is 3. The molecule has 2 aliphatic carbocycles. The molecule has 0 spiro atoms. The summed E-state index contributed by atoms with van der Waals surface area (Å²) >= 11 is 0. The number of rotatable bonds is 6. The van der Waals surface area contributed by atoms with Crippen molar-refractivity contribution < 1.29 is 37.1 Å². The van der Waals surface area contributed by atoms with Crippen LogP contribution in [0.1, 0.15) is 68.3 Å². The molecule has 3 aromatic rings. The third-order valence-corrected chi connectivity index (χ3v) is 7.74. The number of methoxy groups -OCH3 is 1. The molecule has 1 heterocycles. The summed E-state index contributed by atoms with van der Waals surface area (Å²) < 4.78 is 55.5. The van der Waals surface area contributed by atoms with Gasteiger partial charge in [0.1, 0.15) is 0 Å². The van der Waals surface area contributed by atoms with E-state index in [1.165, 1.54) is 0 Å². The molecule has 40 heavy (non-hydrogen) atoms. The van der Waals surface area contributed by atoms with E-state index in [9.17, 15) is 23.1 Å². The highest BCUT2D eigenvalue weighted by molar-refractivity contribution is 5.70. The van der Waals surface area contributed by atoms with Crippen LogP contribution in [0.15, 0.2) is 47.0 Å². The maximum absolute atomic E-state index is 12.9. The second-order valence-electron chi connectivity index (χ2n) is 10.3. The molecule has 210 valence electrons. The normalized spacial score (nSPS) is 21.4. The van der Waals surface area contributed by atoms with E-state index in [2.05, 4.69) is 22.0 Å². The van der Waals surface area contributed by atoms with E-state index in [4.69, 9.17) is 14.0 Å². The Morgan fingerprint density at radius 1 is 1.07 bits per heavy atom. The summed E-state index contributed by atoms with van der Waals surface area (Å²) in [4.78, 5) is 15.1. The van der Waals surface area contributed by atoms with E-state index in [0.717, 1.165) is 31.2 Å². The molecule has 1 N–H and O–H groups in total. The van der Waals surface area contributed by atoms with Gasteiger partial charge in [0.15, 0.2) is 11.5 Å². The van der Waals surface area contributed by atoms with Gasteiger partial charge in [0.2, 0.25) is 0 Å². The zero-order valence-electron chi connectivity index (χ0n) is 22.0. The molecule has 7 nitrogen and oxygen atoms in total. The summed E-state index contributed by atoms with van der Waals surface area (Å²) in [7, 11) is 1.60. The first kappa shape index (κ1) is 27.6. The Kier molecular flexibility index (Phi) is 7.74. The predicted octanol–water partition coefficient (Wildman–Crippen LogP) is 6.65. The summed E-state index contributed by atoms with van der Waals surface area (Å²) in [5, 5.41) is 12.6. The Labute approximate surface area is 229 Å². The number of halogens is 3. The first-order valence-corrected chi connectivity index (χ1v) is 13.3. The van der Waals surface area contributed by atoms with Gasteiger partial charge in [-0.1, -0.05) is 29.1 Å². The Bertz CT molecular complexity index is 1420. The van der Waals surface area contributed by atoms with Gasteiger partial charge < -0.3 is 19.1 Å². The predicted molar refractivity (Wildman–Crippen MR) is 139 cm³/mol. The van der Waals surface area contributed by atoms with Crippen molar-refractivity contribution in [3.05, 3.63) is 59.4 Å². The van der Waals surface area contributed by atoms with Crippen molar-refractivity contribution in [2.45, 2.75) is 69.1 Å². The second-order valence-corrected chi connectivity index (χ2v) is 10.3. The zero-order valence-corrected chi connectivity index (χ0v) is 22.0. The van der Waals surface area contributed by atoms with Gasteiger partial charge in [-0.3, -0.25) is 4.79 Å². The van der Waals surface area contributed by atoms with Crippen LogP contribution >= 0.6 is 0 Å². The number of benzene rings is 2. The highest BCUT2D eigenvalue weighted by atomic mass is 19.4. The lowest BCUT2D eigenvalue weighted by Crippen LogP contribution is -2.33. The molecule has 0 saturated heterocycles. The molecule has 5 rings (SSSR count). The smallest absolute Gasteiger partial charge is 0.455 e. The zero-order chi connectivity index (χ0) is 28.3. The standard InChI is InChI=1S/C30H29F3N2O5/c1-38-24-10-9-22(18-25(24)39-23-7-2-3-8-23)29(15-12-20(13-16-29)27(36)37)14-11-19-5-4-6-21(17-19)26-34-28(35-40-26)30(31,32)33/h4-6,9-10,17-18,20,23H,2-3,7-8,12-13,15-16H2,1H3,(H,36,37)/t20-,29-. The molecule has 0 unspecified atom stereocenters. The average molecular weight is 555 g/mol. The van der Waals surface area contributed by atoms with Crippen LogP contribution in [-0.4, -0.2) is 34.4 Å². The number of aliphatic carboxylic acids is 1. The molecule has 10 heteroatoms. The number of aromatic nitrogens is 2. The van der Waals surface area contributed by atoms with Crippen LogP contribution < -0.4 is 9.47 Å². The molecular formula is C30H29F3N2O5. The molecule has 0 amide bonds. The fraction of sp³-hybridized carbons (Fsp3) is 0.433. The van der Waals surface area contributed by atoms with Crippen molar-refractivity contribution in [2.75, 3.05) is 7.11 Å². The largest absolute Gasteiger partial charge is 0.493 e. The number of carbonyl (C=O) groups is 1. The van der Waals surface area contributed by atoms with E-state index in [1.54, 1.807) is 31.4 Å². The lowest BCUT2D eigenvalue weighted by molar-refractivity contribution is -0.146. The van der Waals surface area contributed by atoms with E-state index < -0.39 is 29.3 Å². The SMILES string of the molecule is COc1ccc([C@]2(C#Cc3cccc(-c4nc(C(F)(F)F)no4)c3)CC[C@@H](C(=O)O)CC2)cc1OC1CCCC1. The Balaban J connectivity index is 1.49. The Hall–Kier alpha value is -4.00. The highest BCUT2D eigenvalue weighted by Crippen LogP contribution is 2.44. The number of nitrogens with zero attached hydrogens (tertiary/aromatic N) is 2. The van der Waals surface area contributed by atoms with Gasteiger partial charge >= 0.3 is 12.1 Å². The van der Waals surface area contributed by atoms with Crippen LogP contribution in [0.4, 0.5) is 13.2 Å². The first-order chi connectivity index (χ1) is 19.2. The Morgan fingerprint density at radius 2 is 1.82 bits per heavy atom. The minimum atomic E-state index is -4.71. The number of carboxylic acid groups (broad SMARTS) is 1. The molecule has 0 atom stereocenters. The molecule has 2 aromatic carbocycles. The lowest BCUT2D eigenvalue weighted by atomic mass is 9.67. The minimum absolute atomic E-state index is 0.124. The lowest BCUT2D eigenvalue weighted by Gasteiger charge is -2.36. The van der Waals surface area contributed by atoms with Crippen LogP contribution in [0.5, 0.6) is 11.5 Å². The number of hydrogen-bond donors (Lipinski definition) is 1. The summed E-state index contributed by atoms with van der Waals surface area (Å²) in [6, 6.07) is 12.3. The quantitative estimate of drug-likeness (QED) is 0.341. The van der Waals surface area contributed by atoms with Crippen molar-refractivity contribution in [3.63, 3.8) is 0 Å². The number of ether oxygens (including phenoxy) is 2. The maximum atomic E-state index is 12.9. The molecule has 0 radical (unpaired) electrons. The number of carboxylic acids is 1. The third kappa shape index (κ3) is 5.93. The van der Waals surface area contributed by atoms with Crippen molar-refractivity contribution in [2.24, 2.45) is 5.92 Å². The van der Waals surface area contributed by atoms with Crippen LogP contribution in [0.2, 0.25) is 0 Å². The van der Waals surface area contributed by atoms with Gasteiger partial charge in [-0.2, -0.15) is 18.2 Å². The van der Waals surface area contributed by atoms with E-state index in [1.807, 2.05) is 18.2 Å². The van der Waals surface area contributed by atoms with Gasteiger partial charge in [0, 0.05) is 11.1 Å². The summed E-state index contributed by atoms with van der Waals surface area (Å²) in [5.74, 6) is 5.02. The first-order valence-electron chi connectivity index (χ1n) is 13.3. The van der Waals surface area contributed by atoms with Gasteiger partial charge in [-0.05, 0) is 87.3 Å². The van der Waals surface area contributed by atoms with E-state index >= 15 is 0 Å². The molecule has 2 fully saturated rings. The van der Waals surface area contributed by atoms with Crippen molar-refractivity contribution in [3.8, 4) is 34.8 Å².